The van der Waals surface area contributed by atoms with E-state index in [0.29, 0.717) is 47.1 Å². The number of rotatable bonds is 4. The molecule has 140 valence electrons. The topological polar surface area (TPSA) is 37.3 Å². The maximum Gasteiger partial charge on any atom is 0.430 e. The van der Waals surface area contributed by atoms with Crippen molar-refractivity contribution in [3.8, 4) is 11.1 Å². The zero-order valence-electron chi connectivity index (χ0n) is 13.4. The van der Waals surface area contributed by atoms with Crippen molar-refractivity contribution in [2.45, 2.75) is 31.3 Å². The largest absolute Gasteiger partial charge is 0.430 e. The van der Waals surface area contributed by atoms with Crippen molar-refractivity contribution in [3.05, 3.63) is 59.2 Å². The van der Waals surface area contributed by atoms with Crippen LogP contribution >= 0.6 is 0 Å². The minimum atomic E-state index is -5.92. The van der Waals surface area contributed by atoms with Crippen LogP contribution in [0.25, 0.3) is 11.1 Å². The lowest BCUT2D eigenvalue weighted by atomic mass is 9.89. The molecule has 0 fully saturated rings. The molecule has 0 bridgehead atoms. The molecule has 0 aliphatic carbocycles. The number of alkyl halides is 6. The number of hydrogen-bond acceptors (Lipinski definition) is 2. The van der Waals surface area contributed by atoms with Crippen LogP contribution in [0.2, 0.25) is 0 Å². The molecule has 0 aliphatic rings. The lowest BCUT2D eigenvalue weighted by Crippen LogP contribution is -2.53. The standard InChI is InChI=1S/C18H14F6O2/c1-2-12-9-11(10-25)3-8-15(12)13-4-6-14(7-5-13)16(26,17(19,20)21)18(22,23)24/h3-10,26H,2H2,1H3. The van der Waals surface area contributed by atoms with Crippen LogP contribution in [-0.2, 0) is 12.0 Å². The molecule has 0 saturated carbocycles. The van der Waals surface area contributed by atoms with E-state index in [4.69, 9.17) is 0 Å². The number of aldehydes is 1. The predicted molar refractivity (Wildman–Crippen MR) is 82.7 cm³/mol. The van der Waals surface area contributed by atoms with Gasteiger partial charge in [-0.15, -0.1) is 0 Å². The Labute approximate surface area is 145 Å². The van der Waals surface area contributed by atoms with Crippen molar-refractivity contribution < 1.29 is 36.2 Å². The third kappa shape index (κ3) is 3.33. The number of halogens is 6. The van der Waals surface area contributed by atoms with Crippen LogP contribution in [-0.4, -0.2) is 23.7 Å². The zero-order valence-corrected chi connectivity index (χ0v) is 13.4. The average molecular weight is 376 g/mol. The Bertz CT molecular complexity index is 777. The molecule has 0 atom stereocenters. The molecule has 0 aromatic heterocycles. The van der Waals surface area contributed by atoms with Gasteiger partial charge in [-0.05, 0) is 29.2 Å². The van der Waals surface area contributed by atoms with Crippen molar-refractivity contribution in [1.29, 1.82) is 0 Å². The van der Waals surface area contributed by atoms with E-state index < -0.39 is 23.5 Å². The average Bonchev–Trinajstić information content (AvgIpc) is 2.58. The molecule has 8 heteroatoms. The van der Waals surface area contributed by atoms with Crippen LogP contribution in [0.1, 0.15) is 28.4 Å². The van der Waals surface area contributed by atoms with Crippen LogP contribution in [0.3, 0.4) is 0 Å². The van der Waals surface area contributed by atoms with E-state index in [0.717, 1.165) is 12.1 Å². The van der Waals surface area contributed by atoms with Crippen molar-refractivity contribution in [2.75, 3.05) is 0 Å². The van der Waals surface area contributed by atoms with E-state index in [1.165, 1.54) is 6.07 Å². The summed E-state index contributed by atoms with van der Waals surface area (Å²) < 4.78 is 77.5. The van der Waals surface area contributed by atoms with E-state index in [-0.39, 0.29) is 0 Å². The summed E-state index contributed by atoms with van der Waals surface area (Å²) in [5.41, 5.74) is -4.20. The van der Waals surface area contributed by atoms with Crippen LogP contribution < -0.4 is 0 Å². The summed E-state index contributed by atoms with van der Waals surface area (Å²) in [6.07, 6.45) is -10.7. The van der Waals surface area contributed by atoms with E-state index in [9.17, 15) is 36.2 Å². The Kier molecular flexibility index (Phi) is 5.19. The summed E-state index contributed by atoms with van der Waals surface area (Å²) in [6, 6.07) is 8.01. The van der Waals surface area contributed by atoms with Crippen molar-refractivity contribution in [1.82, 2.24) is 0 Å². The molecule has 0 spiro atoms. The molecule has 0 unspecified atom stereocenters. The van der Waals surface area contributed by atoms with Gasteiger partial charge in [-0.1, -0.05) is 43.3 Å². The Morgan fingerprint density at radius 1 is 0.923 bits per heavy atom. The van der Waals surface area contributed by atoms with Gasteiger partial charge in [0.1, 0.15) is 6.29 Å². The molecular weight excluding hydrogens is 362 g/mol. The Morgan fingerprint density at radius 2 is 1.46 bits per heavy atom. The van der Waals surface area contributed by atoms with Crippen LogP contribution in [0.5, 0.6) is 0 Å². The fourth-order valence-electron chi connectivity index (χ4n) is 2.64. The summed E-state index contributed by atoms with van der Waals surface area (Å²) in [7, 11) is 0. The molecule has 2 nitrogen and oxygen atoms in total. The number of benzene rings is 2. The number of carbonyl (C=O) groups excluding carboxylic acids is 1. The molecule has 0 aliphatic heterocycles. The normalized spacial score (nSPS) is 12.9. The van der Waals surface area contributed by atoms with E-state index in [1.54, 1.807) is 19.1 Å². The molecule has 1 N–H and O–H groups in total. The fraction of sp³-hybridized carbons (Fsp3) is 0.278. The lowest BCUT2D eigenvalue weighted by molar-refractivity contribution is -0.376. The van der Waals surface area contributed by atoms with Gasteiger partial charge >= 0.3 is 12.4 Å². The highest BCUT2D eigenvalue weighted by molar-refractivity contribution is 5.78. The van der Waals surface area contributed by atoms with Gasteiger partial charge in [-0.25, -0.2) is 0 Å². The first-order valence-electron chi connectivity index (χ1n) is 7.50. The highest BCUT2D eigenvalue weighted by Crippen LogP contribution is 2.50. The molecule has 2 aromatic rings. The fourth-order valence-corrected chi connectivity index (χ4v) is 2.64. The summed E-state index contributed by atoms with van der Waals surface area (Å²) in [6.45, 7) is 1.80. The van der Waals surface area contributed by atoms with Crippen LogP contribution in [0.15, 0.2) is 42.5 Å². The second kappa shape index (κ2) is 6.75. The van der Waals surface area contributed by atoms with E-state index in [2.05, 4.69) is 0 Å². The van der Waals surface area contributed by atoms with Crippen LogP contribution in [0, 0.1) is 0 Å². The molecular formula is C18H14F6O2. The first kappa shape index (κ1) is 20.0. The Hall–Kier alpha value is -2.35. The van der Waals surface area contributed by atoms with Crippen molar-refractivity contribution >= 4 is 6.29 Å². The van der Waals surface area contributed by atoms with Gasteiger partial charge < -0.3 is 5.11 Å². The smallest absolute Gasteiger partial charge is 0.369 e. The zero-order chi connectivity index (χ0) is 19.8. The quantitative estimate of drug-likeness (QED) is 0.600. The van der Waals surface area contributed by atoms with Crippen molar-refractivity contribution in [3.63, 3.8) is 0 Å². The van der Waals surface area contributed by atoms with Gasteiger partial charge in [0, 0.05) is 11.1 Å². The third-order valence-corrected chi connectivity index (χ3v) is 4.08. The number of aliphatic hydroxyl groups is 1. The lowest BCUT2D eigenvalue weighted by Gasteiger charge is -2.32. The number of hydrogen-bond donors (Lipinski definition) is 1. The highest BCUT2D eigenvalue weighted by Gasteiger charge is 2.71. The summed E-state index contributed by atoms with van der Waals surface area (Å²) in [5.74, 6) is 0. The number of carbonyl (C=O) groups is 1. The summed E-state index contributed by atoms with van der Waals surface area (Å²) in [4.78, 5) is 10.8. The molecule has 0 amide bonds. The monoisotopic (exact) mass is 376 g/mol. The second-order valence-corrected chi connectivity index (χ2v) is 5.67. The molecule has 0 heterocycles. The SMILES string of the molecule is CCc1cc(C=O)ccc1-c1ccc(C(O)(C(F)(F)F)C(F)(F)F)cc1. The maximum atomic E-state index is 12.9. The first-order valence-corrected chi connectivity index (χ1v) is 7.50. The third-order valence-electron chi connectivity index (χ3n) is 4.08. The Morgan fingerprint density at radius 3 is 1.88 bits per heavy atom. The van der Waals surface area contributed by atoms with Gasteiger partial charge in [-0.2, -0.15) is 26.3 Å². The van der Waals surface area contributed by atoms with Crippen LogP contribution in [0.4, 0.5) is 26.3 Å². The minimum absolute atomic E-state index is 0.370. The van der Waals surface area contributed by atoms with Gasteiger partial charge in [0.25, 0.3) is 5.60 Å². The Balaban J connectivity index is 2.53. The van der Waals surface area contributed by atoms with Gasteiger partial charge in [-0.3, -0.25) is 4.79 Å². The van der Waals surface area contributed by atoms with Gasteiger partial charge in [0.15, 0.2) is 0 Å². The maximum absolute atomic E-state index is 12.9. The van der Waals surface area contributed by atoms with E-state index in [1.807, 2.05) is 0 Å². The number of aryl methyl sites for hydroxylation is 1. The summed E-state index contributed by atoms with van der Waals surface area (Å²) in [5, 5.41) is 9.40. The van der Waals surface area contributed by atoms with Crippen molar-refractivity contribution in [2.24, 2.45) is 0 Å². The first-order chi connectivity index (χ1) is 12.0. The predicted octanol–water partition coefficient (Wildman–Crippen LogP) is 5.04. The van der Waals surface area contributed by atoms with Gasteiger partial charge in [0.05, 0.1) is 0 Å². The molecule has 0 radical (unpaired) electrons. The molecule has 0 saturated heterocycles. The molecule has 2 rings (SSSR count). The van der Waals surface area contributed by atoms with E-state index >= 15 is 0 Å². The molecule has 26 heavy (non-hydrogen) atoms. The minimum Gasteiger partial charge on any atom is -0.369 e. The highest BCUT2D eigenvalue weighted by atomic mass is 19.4. The summed E-state index contributed by atoms with van der Waals surface area (Å²) >= 11 is 0. The molecule has 2 aromatic carbocycles. The van der Waals surface area contributed by atoms with Gasteiger partial charge in [0.2, 0.25) is 0 Å². The second-order valence-electron chi connectivity index (χ2n) is 5.67.